The zero-order valence-electron chi connectivity index (χ0n) is 11.4. The molecule has 1 atom stereocenters. The van der Waals surface area contributed by atoms with E-state index in [2.05, 4.69) is 17.6 Å². The van der Waals surface area contributed by atoms with Crippen LogP contribution in [0.2, 0.25) is 0 Å². The van der Waals surface area contributed by atoms with E-state index in [-0.39, 0.29) is 0 Å². The van der Waals surface area contributed by atoms with Crippen molar-refractivity contribution in [3.8, 4) is 0 Å². The molecule has 0 spiro atoms. The Morgan fingerprint density at radius 2 is 1.45 bits per heavy atom. The van der Waals surface area contributed by atoms with Crippen LogP contribution in [0.4, 0.5) is 26.3 Å². The van der Waals surface area contributed by atoms with Crippen molar-refractivity contribution in [2.24, 2.45) is 0 Å². The Bertz CT molecular complexity index is 315. The third-order valence-electron chi connectivity index (χ3n) is 2.04. The fourth-order valence-electron chi connectivity index (χ4n) is 1.12. The summed E-state index contributed by atoms with van der Waals surface area (Å²) < 4.78 is 63.5. The van der Waals surface area contributed by atoms with Crippen molar-refractivity contribution in [3.05, 3.63) is 0 Å². The fourth-order valence-corrected chi connectivity index (χ4v) is 1.12. The predicted octanol–water partition coefficient (Wildman–Crippen LogP) is 1.22. The van der Waals surface area contributed by atoms with Crippen LogP contribution in [0, 0.1) is 0 Å². The molecule has 0 saturated carbocycles. The van der Waals surface area contributed by atoms with Gasteiger partial charge in [0.1, 0.15) is 0 Å². The van der Waals surface area contributed by atoms with E-state index in [1.54, 1.807) is 0 Å². The smallest absolute Gasteiger partial charge is 0.475 e. The number of carbonyl (C=O) groups is 2. The molecule has 1 fully saturated rings. The number of nitrogens with one attached hydrogen (secondary N) is 2. The summed E-state index contributed by atoms with van der Waals surface area (Å²) in [6.07, 6.45) is -8.87. The number of alkyl halides is 6. The highest BCUT2D eigenvalue weighted by atomic mass is 19.4. The number of hydrogen-bond donors (Lipinski definition) is 4. The van der Waals surface area contributed by atoms with Gasteiger partial charge in [0.15, 0.2) is 0 Å². The van der Waals surface area contributed by atoms with Gasteiger partial charge < -0.3 is 20.8 Å². The van der Waals surface area contributed by atoms with Crippen LogP contribution in [0.3, 0.4) is 0 Å². The molecule has 1 aliphatic rings. The average Bonchev–Trinajstić information content (AvgIpc) is 2.81. The second-order valence-electron chi connectivity index (χ2n) is 3.85. The van der Waals surface area contributed by atoms with E-state index < -0.39 is 24.3 Å². The number of carboxylic acids is 2. The Balaban J connectivity index is 0. The minimum absolute atomic E-state index is 0.750. The number of likely N-dealkylation sites (N-methyl/N-ethyl adjacent to an activating group) is 1. The Labute approximate surface area is 121 Å². The first-order valence-electron chi connectivity index (χ1n) is 5.86. The van der Waals surface area contributed by atoms with Crippen LogP contribution in [0.1, 0.15) is 13.3 Å². The molecule has 132 valence electrons. The Hall–Kier alpha value is -1.56. The minimum Gasteiger partial charge on any atom is -0.475 e. The Morgan fingerprint density at radius 1 is 1.09 bits per heavy atom. The van der Waals surface area contributed by atoms with E-state index >= 15 is 0 Å². The highest BCUT2D eigenvalue weighted by Gasteiger charge is 2.38. The summed E-state index contributed by atoms with van der Waals surface area (Å²) in [4.78, 5) is 17.8. The minimum atomic E-state index is -5.08. The summed E-state index contributed by atoms with van der Waals surface area (Å²) in [5.41, 5.74) is 0. The lowest BCUT2D eigenvalue weighted by Crippen LogP contribution is -2.30. The first kappa shape index (κ1) is 22.7. The molecule has 0 aromatic rings. The molecular weight excluding hydrogens is 326 g/mol. The van der Waals surface area contributed by atoms with Gasteiger partial charge in [-0.05, 0) is 19.5 Å². The fraction of sp³-hybridized carbons (Fsp3) is 0.800. The second-order valence-corrected chi connectivity index (χ2v) is 3.85. The molecule has 6 nitrogen and oxygen atoms in total. The second kappa shape index (κ2) is 10.2. The van der Waals surface area contributed by atoms with E-state index in [9.17, 15) is 26.3 Å². The number of halogens is 6. The molecule has 4 N–H and O–H groups in total. The number of carboxylic acid groups (broad SMARTS) is 2. The monoisotopic (exact) mass is 342 g/mol. The first-order chi connectivity index (χ1) is 9.82. The van der Waals surface area contributed by atoms with Crippen molar-refractivity contribution in [1.82, 2.24) is 10.6 Å². The summed E-state index contributed by atoms with van der Waals surface area (Å²) in [7, 11) is 0. The van der Waals surface area contributed by atoms with Crippen molar-refractivity contribution >= 4 is 11.9 Å². The lowest BCUT2D eigenvalue weighted by molar-refractivity contribution is -0.193. The van der Waals surface area contributed by atoms with E-state index in [0.717, 1.165) is 19.1 Å². The van der Waals surface area contributed by atoms with Gasteiger partial charge in [0.2, 0.25) is 0 Å². The number of aliphatic carboxylic acids is 2. The Kier molecular flexibility index (Phi) is 10.5. The van der Waals surface area contributed by atoms with E-state index in [0.29, 0.717) is 0 Å². The zero-order chi connectivity index (χ0) is 18.0. The molecule has 1 heterocycles. The summed E-state index contributed by atoms with van der Waals surface area (Å²) in [6.45, 7) is 5.61. The molecule has 22 heavy (non-hydrogen) atoms. The molecule has 0 amide bonds. The third-order valence-corrected chi connectivity index (χ3v) is 2.04. The van der Waals surface area contributed by atoms with Crippen LogP contribution in [-0.4, -0.2) is 60.2 Å². The average molecular weight is 342 g/mol. The van der Waals surface area contributed by atoms with Gasteiger partial charge in [0.25, 0.3) is 0 Å². The molecule has 1 rings (SSSR count). The lowest BCUT2D eigenvalue weighted by atomic mass is 10.3. The van der Waals surface area contributed by atoms with Crippen molar-refractivity contribution in [3.63, 3.8) is 0 Å². The number of hydrogen-bond acceptors (Lipinski definition) is 4. The maximum absolute atomic E-state index is 10.6. The van der Waals surface area contributed by atoms with Crippen LogP contribution < -0.4 is 10.6 Å². The van der Waals surface area contributed by atoms with Crippen LogP contribution >= 0.6 is 0 Å². The van der Waals surface area contributed by atoms with Gasteiger partial charge in [-0.1, -0.05) is 6.92 Å². The molecular formula is C10H16F6N2O4. The summed E-state index contributed by atoms with van der Waals surface area (Å²) >= 11 is 0. The van der Waals surface area contributed by atoms with Crippen LogP contribution in [0.5, 0.6) is 0 Å². The Morgan fingerprint density at radius 3 is 1.64 bits per heavy atom. The molecule has 0 unspecified atom stereocenters. The van der Waals surface area contributed by atoms with Crippen LogP contribution in [0.15, 0.2) is 0 Å². The molecule has 0 aliphatic carbocycles. The van der Waals surface area contributed by atoms with Crippen molar-refractivity contribution in [2.45, 2.75) is 31.7 Å². The molecule has 0 aromatic heterocycles. The molecule has 0 aromatic carbocycles. The van der Waals surface area contributed by atoms with Gasteiger partial charge in [-0.15, -0.1) is 0 Å². The third kappa shape index (κ3) is 13.4. The van der Waals surface area contributed by atoms with Crippen molar-refractivity contribution < 1.29 is 46.1 Å². The maximum atomic E-state index is 10.6. The lowest BCUT2D eigenvalue weighted by Gasteiger charge is -2.06. The molecule has 12 heteroatoms. The molecule has 0 radical (unpaired) electrons. The first-order valence-corrected chi connectivity index (χ1v) is 5.86. The van der Waals surface area contributed by atoms with Gasteiger partial charge in [0.05, 0.1) is 0 Å². The van der Waals surface area contributed by atoms with Crippen LogP contribution in [0.25, 0.3) is 0 Å². The van der Waals surface area contributed by atoms with E-state index in [4.69, 9.17) is 19.8 Å². The SMILES string of the molecule is CCN[C@H]1CCNC1.O=C(O)C(F)(F)F.O=C(O)C(F)(F)F. The van der Waals surface area contributed by atoms with Crippen molar-refractivity contribution in [2.75, 3.05) is 19.6 Å². The zero-order valence-corrected chi connectivity index (χ0v) is 11.4. The summed E-state index contributed by atoms with van der Waals surface area (Å²) in [5.74, 6) is -5.51. The standard InChI is InChI=1S/C6H14N2.2C2HF3O2/c1-2-8-6-3-4-7-5-6;2*3-2(4,5)1(6)7/h6-8H,2-5H2,1H3;2*(H,6,7)/t6-;;/m0../s1. The molecule has 1 aliphatic heterocycles. The quantitative estimate of drug-likeness (QED) is 0.564. The molecule has 1 saturated heterocycles. The summed E-state index contributed by atoms with van der Waals surface area (Å²) in [5, 5.41) is 20.9. The van der Waals surface area contributed by atoms with E-state index in [1.165, 1.54) is 13.0 Å². The summed E-state index contributed by atoms with van der Waals surface area (Å²) in [6, 6.07) is 0.750. The van der Waals surface area contributed by atoms with Gasteiger partial charge in [0, 0.05) is 12.6 Å². The maximum Gasteiger partial charge on any atom is 0.490 e. The van der Waals surface area contributed by atoms with E-state index in [1.807, 2.05) is 0 Å². The number of rotatable bonds is 2. The van der Waals surface area contributed by atoms with Gasteiger partial charge in [-0.3, -0.25) is 0 Å². The van der Waals surface area contributed by atoms with Crippen LogP contribution in [-0.2, 0) is 9.59 Å². The highest BCUT2D eigenvalue weighted by molar-refractivity contribution is 5.73. The van der Waals surface area contributed by atoms with Crippen molar-refractivity contribution in [1.29, 1.82) is 0 Å². The highest BCUT2D eigenvalue weighted by Crippen LogP contribution is 2.13. The predicted molar refractivity (Wildman–Crippen MR) is 62.3 cm³/mol. The normalized spacial score (nSPS) is 17.7. The largest absolute Gasteiger partial charge is 0.490 e. The van der Waals surface area contributed by atoms with Gasteiger partial charge >= 0.3 is 24.3 Å². The van der Waals surface area contributed by atoms with Gasteiger partial charge in [-0.25, -0.2) is 9.59 Å². The van der Waals surface area contributed by atoms with Gasteiger partial charge in [-0.2, -0.15) is 26.3 Å². The topological polar surface area (TPSA) is 98.7 Å². The molecule has 0 bridgehead atoms.